The van der Waals surface area contributed by atoms with Crippen molar-refractivity contribution in [1.29, 1.82) is 0 Å². The number of aromatic nitrogens is 3. The molecule has 106 valence electrons. The third kappa shape index (κ3) is 3.45. The molecule has 0 radical (unpaired) electrons. The molecular formula is C12H20ClN5O. The van der Waals surface area contributed by atoms with E-state index in [1.807, 2.05) is 14.1 Å². The summed E-state index contributed by atoms with van der Waals surface area (Å²) in [6, 6.07) is 0. The molecule has 6 nitrogen and oxygen atoms in total. The maximum absolute atomic E-state index is 9.67. The van der Waals surface area contributed by atoms with E-state index in [1.54, 1.807) is 4.90 Å². The minimum atomic E-state index is -0.327. The van der Waals surface area contributed by atoms with Gasteiger partial charge in [-0.15, -0.1) is 0 Å². The van der Waals surface area contributed by atoms with E-state index in [-0.39, 0.29) is 17.4 Å². The van der Waals surface area contributed by atoms with Crippen LogP contribution in [-0.4, -0.2) is 46.3 Å². The Morgan fingerprint density at radius 3 is 2.47 bits per heavy atom. The average molecular weight is 286 g/mol. The lowest BCUT2D eigenvalue weighted by molar-refractivity contribution is 0.172. The van der Waals surface area contributed by atoms with Gasteiger partial charge < -0.3 is 15.3 Å². The Bertz CT molecular complexity index is 434. The number of aliphatic hydroxyl groups is 1. The van der Waals surface area contributed by atoms with E-state index in [4.69, 9.17) is 11.6 Å². The summed E-state index contributed by atoms with van der Waals surface area (Å²) in [6.07, 6.45) is 5.26. The van der Waals surface area contributed by atoms with E-state index in [0.29, 0.717) is 11.9 Å². The number of hydrogen-bond donors (Lipinski definition) is 2. The molecule has 2 N–H and O–H groups in total. The van der Waals surface area contributed by atoms with Crippen molar-refractivity contribution in [3.8, 4) is 0 Å². The normalized spacial score (nSPS) is 18.1. The van der Waals surface area contributed by atoms with Gasteiger partial charge in [-0.3, -0.25) is 0 Å². The van der Waals surface area contributed by atoms with Crippen molar-refractivity contribution < 1.29 is 5.11 Å². The van der Waals surface area contributed by atoms with Crippen molar-refractivity contribution in [2.24, 2.45) is 0 Å². The Kier molecular flexibility index (Phi) is 4.42. The van der Waals surface area contributed by atoms with E-state index in [9.17, 15) is 5.11 Å². The van der Waals surface area contributed by atoms with Crippen LogP contribution >= 0.6 is 11.6 Å². The molecule has 1 heterocycles. The van der Waals surface area contributed by atoms with E-state index >= 15 is 0 Å². The van der Waals surface area contributed by atoms with Crippen molar-refractivity contribution in [2.45, 2.75) is 37.6 Å². The molecule has 0 bridgehead atoms. The van der Waals surface area contributed by atoms with Crippen LogP contribution in [0.25, 0.3) is 0 Å². The number of nitrogens with zero attached hydrogens (tertiary/aromatic N) is 4. The molecule has 1 aliphatic carbocycles. The molecule has 19 heavy (non-hydrogen) atoms. The first-order chi connectivity index (χ1) is 9.04. The Balaban J connectivity index is 2.21. The minimum Gasteiger partial charge on any atom is -0.394 e. The van der Waals surface area contributed by atoms with Crippen LogP contribution in [0.1, 0.15) is 32.1 Å². The third-order valence-electron chi connectivity index (χ3n) is 3.49. The van der Waals surface area contributed by atoms with Crippen molar-refractivity contribution in [2.75, 3.05) is 30.9 Å². The van der Waals surface area contributed by atoms with Gasteiger partial charge in [0.15, 0.2) is 0 Å². The number of halogens is 1. The van der Waals surface area contributed by atoms with Gasteiger partial charge in [-0.05, 0) is 24.4 Å². The number of hydrogen-bond acceptors (Lipinski definition) is 6. The van der Waals surface area contributed by atoms with Crippen molar-refractivity contribution in [1.82, 2.24) is 15.0 Å². The van der Waals surface area contributed by atoms with Gasteiger partial charge >= 0.3 is 0 Å². The van der Waals surface area contributed by atoms with Crippen LogP contribution in [0, 0.1) is 0 Å². The molecule has 1 aliphatic rings. The standard InChI is InChI=1S/C12H20ClN5O/c1-18(2)11-15-9(13)14-10(16-11)17-12(8-19)6-4-3-5-7-12/h19H,3-8H2,1-2H3,(H,14,15,16,17). The molecule has 0 aliphatic heterocycles. The molecule has 0 amide bonds. The summed E-state index contributed by atoms with van der Waals surface area (Å²) < 4.78 is 0. The summed E-state index contributed by atoms with van der Waals surface area (Å²) in [5, 5.41) is 13.1. The van der Waals surface area contributed by atoms with Gasteiger partial charge in [0.05, 0.1) is 12.1 Å². The van der Waals surface area contributed by atoms with Crippen LogP contribution in [0.5, 0.6) is 0 Å². The van der Waals surface area contributed by atoms with Crippen molar-refractivity contribution >= 4 is 23.5 Å². The highest BCUT2D eigenvalue weighted by Crippen LogP contribution is 2.30. The van der Waals surface area contributed by atoms with Gasteiger partial charge in [-0.2, -0.15) is 15.0 Å². The Morgan fingerprint density at radius 1 is 1.21 bits per heavy atom. The number of anilines is 2. The molecular weight excluding hydrogens is 266 g/mol. The summed E-state index contributed by atoms with van der Waals surface area (Å²) in [5.74, 6) is 0.936. The van der Waals surface area contributed by atoms with Gasteiger partial charge in [0, 0.05) is 14.1 Å². The maximum atomic E-state index is 9.67. The van der Waals surface area contributed by atoms with E-state index in [0.717, 1.165) is 25.7 Å². The molecule has 1 aromatic heterocycles. The number of aliphatic hydroxyl groups excluding tert-OH is 1. The lowest BCUT2D eigenvalue weighted by atomic mass is 9.82. The van der Waals surface area contributed by atoms with Crippen LogP contribution in [-0.2, 0) is 0 Å². The topological polar surface area (TPSA) is 74.2 Å². The van der Waals surface area contributed by atoms with Crippen LogP contribution in [0.2, 0.25) is 5.28 Å². The van der Waals surface area contributed by atoms with Crippen molar-refractivity contribution in [3.63, 3.8) is 0 Å². The van der Waals surface area contributed by atoms with Gasteiger partial charge in [0.1, 0.15) is 0 Å². The zero-order valence-corrected chi connectivity index (χ0v) is 12.1. The molecule has 1 saturated carbocycles. The second-order valence-corrected chi connectivity index (χ2v) is 5.58. The molecule has 0 spiro atoms. The molecule has 1 aromatic rings. The zero-order chi connectivity index (χ0) is 13.9. The lowest BCUT2D eigenvalue weighted by Crippen LogP contribution is -2.44. The first kappa shape index (κ1) is 14.3. The van der Waals surface area contributed by atoms with Crippen LogP contribution in [0.3, 0.4) is 0 Å². The van der Waals surface area contributed by atoms with Gasteiger partial charge in [-0.25, -0.2) is 0 Å². The highest BCUT2D eigenvalue weighted by atomic mass is 35.5. The number of nitrogens with one attached hydrogen (secondary N) is 1. The summed E-state index contributed by atoms with van der Waals surface area (Å²) >= 11 is 5.91. The zero-order valence-electron chi connectivity index (χ0n) is 11.4. The summed E-state index contributed by atoms with van der Waals surface area (Å²) in [6.45, 7) is 0.0770. The summed E-state index contributed by atoms with van der Waals surface area (Å²) in [5.41, 5.74) is -0.327. The predicted molar refractivity (Wildman–Crippen MR) is 75.7 cm³/mol. The monoisotopic (exact) mass is 285 g/mol. The van der Waals surface area contributed by atoms with Crippen LogP contribution in [0.4, 0.5) is 11.9 Å². The van der Waals surface area contributed by atoms with Gasteiger partial charge in [0.25, 0.3) is 0 Å². The average Bonchev–Trinajstić information content (AvgIpc) is 2.39. The summed E-state index contributed by atoms with van der Waals surface area (Å²) in [7, 11) is 3.69. The van der Waals surface area contributed by atoms with Crippen molar-refractivity contribution in [3.05, 3.63) is 5.28 Å². The highest BCUT2D eigenvalue weighted by Gasteiger charge is 2.32. The lowest BCUT2D eigenvalue weighted by Gasteiger charge is -2.36. The van der Waals surface area contributed by atoms with E-state index in [1.165, 1.54) is 6.42 Å². The molecule has 7 heteroatoms. The third-order valence-corrected chi connectivity index (χ3v) is 3.66. The first-order valence-corrected chi connectivity index (χ1v) is 6.90. The second-order valence-electron chi connectivity index (χ2n) is 5.25. The largest absolute Gasteiger partial charge is 0.394 e. The fourth-order valence-corrected chi connectivity index (χ4v) is 2.54. The SMILES string of the molecule is CN(C)c1nc(Cl)nc(NC2(CO)CCCCC2)n1. The molecule has 0 atom stereocenters. The predicted octanol–water partition coefficient (Wildman–Crippen LogP) is 1.70. The molecule has 1 fully saturated rings. The maximum Gasteiger partial charge on any atom is 0.230 e. The van der Waals surface area contributed by atoms with Crippen LogP contribution in [0.15, 0.2) is 0 Å². The Hall–Kier alpha value is -1.14. The minimum absolute atomic E-state index is 0.0770. The molecule has 0 unspecified atom stereocenters. The van der Waals surface area contributed by atoms with Gasteiger partial charge in [0.2, 0.25) is 17.2 Å². The number of rotatable bonds is 4. The quantitative estimate of drug-likeness (QED) is 0.877. The summed E-state index contributed by atoms with van der Waals surface area (Å²) in [4.78, 5) is 14.2. The van der Waals surface area contributed by atoms with Crippen LogP contribution < -0.4 is 10.2 Å². The van der Waals surface area contributed by atoms with E-state index < -0.39 is 0 Å². The highest BCUT2D eigenvalue weighted by molar-refractivity contribution is 6.28. The molecule has 2 rings (SSSR count). The smallest absolute Gasteiger partial charge is 0.230 e. The first-order valence-electron chi connectivity index (χ1n) is 6.53. The Labute approximate surface area is 118 Å². The molecule has 0 saturated heterocycles. The Morgan fingerprint density at radius 2 is 1.89 bits per heavy atom. The van der Waals surface area contributed by atoms with E-state index in [2.05, 4.69) is 20.3 Å². The fraction of sp³-hybridized carbons (Fsp3) is 0.750. The molecule has 0 aromatic carbocycles. The van der Waals surface area contributed by atoms with Gasteiger partial charge in [-0.1, -0.05) is 19.3 Å². The fourth-order valence-electron chi connectivity index (χ4n) is 2.38. The second kappa shape index (κ2) is 5.88.